The fourth-order valence-corrected chi connectivity index (χ4v) is 5.23. The molecule has 1 aromatic rings. The molecule has 1 heterocycles. The lowest BCUT2D eigenvalue weighted by Crippen LogP contribution is -2.47. The predicted molar refractivity (Wildman–Crippen MR) is 85.3 cm³/mol. The Bertz CT molecular complexity index is 514. The summed E-state index contributed by atoms with van der Waals surface area (Å²) in [5, 5.41) is 10.9. The van der Waals surface area contributed by atoms with Crippen molar-refractivity contribution in [3.05, 3.63) is 35.4 Å². The Labute approximate surface area is 128 Å². The van der Waals surface area contributed by atoms with Gasteiger partial charge >= 0.3 is 0 Å². The highest BCUT2D eigenvalue weighted by molar-refractivity contribution is 5.35. The summed E-state index contributed by atoms with van der Waals surface area (Å²) in [4.78, 5) is 2.68. The van der Waals surface area contributed by atoms with E-state index in [1.807, 2.05) is 0 Å². The van der Waals surface area contributed by atoms with Crippen LogP contribution in [0.3, 0.4) is 0 Å². The number of nitrogens with zero attached hydrogens (tertiary/aromatic N) is 1. The summed E-state index contributed by atoms with van der Waals surface area (Å²) in [6, 6.07) is 9.60. The van der Waals surface area contributed by atoms with E-state index in [1.54, 1.807) is 0 Å². The summed E-state index contributed by atoms with van der Waals surface area (Å²) in [5.74, 6) is 1.47. The Morgan fingerprint density at radius 1 is 1.00 bits per heavy atom. The first-order valence-electron chi connectivity index (χ1n) is 8.78. The van der Waals surface area contributed by atoms with Crippen molar-refractivity contribution in [2.75, 3.05) is 6.54 Å². The Hall–Kier alpha value is -0.860. The second kappa shape index (κ2) is 5.40. The van der Waals surface area contributed by atoms with Gasteiger partial charge in [-0.25, -0.2) is 0 Å². The molecule has 1 aliphatic heterocycles. The van der Waals surface area contributed by atoms with E-state index in [1.165, 1.54) is 49.8 Å². The van der Waals surface area contributed by atoms with Crippen molar-refractivity contribution in [3.8, 4) is 0 Å². The molecule has 2 fully saturated rings. The maximum absolute atomic E-state index is 10.9. The van der Waals surface area contributed by atoms with E-state index in [2.05, 4.69) is 36.1 Å². The molecule has 1 aromatic carbocycles. The number of aliphatic hydroxyl groups is 1. The molecule has 3 aliphatic rings. The van der Waals surface area contributed by atoms with Gasteiger partial charge in [-0.3, -0.25) is 4.90 Å². The number of likely N-dealkylation sites (tertiary alicyclic amines) is 1. The monoisotopic (exact) mass is 285 g/mol. The summed E-state index contributed by atoms with van der Waals surface area (Å²) < 4.78 is 0. The van der Waals surface area contributed by atoms with Gasteiger partial charge < -0.3 is 5.11 Å². The maximum Gasteiger partial charge on any atom is 0.0948 e. The molecule has 0 spiro atoms. The molecule has 0 bridgehead atoms. The van der Waals surface area contributed by atoms with Crippen LogP contribution in [0.4, 0.5) is 0 Å². The van der Waals surface area contributed by atoms with E-state index in [9.17, 15) is 5.11 Å². The molecule has 114 valence electrons. The second-order valence-electron chi connectivity index (χ2n) is 7.42. The van der Waals surface area contributed by atoms with Gasteiger partial charge in [-0.05, 0) is 55.2 Å². The maximum atomic E-state index is 10.9. The zero-order chi connectivity index (χ0) is 14.4. The molecule has 1 N–H and O–H groups in total. The molecule has 2 heteroatoms. The van der Waals surface area contributed by atoms with Gasteiger partial charge in [0.15, 0.2) is 0 Å². The average molecular weight is 285 g/mol. The summed E-state index contributed by atoms with van der Waals surface area (Å²) in [7, 11) is 0. The van der Waals surface area contributed by atoms with Gasteiger partial charge in [0.05, 0.1) is 6.10 Å². The second-order valence-corrected chi connectivity index (χ2v) is 7.42. The van der Waals surface area contributed by atoms with Crippen LogP contribution in [0.1, 0.15) is 68.6 Å². The van der Waals surface area contributed by atoms with E-state index in [4.69, 9.17) is 0 Å². The smallest absolute Gasteiger partial charge is 0.0948 e. The van der Waals surface area contributed by atoms with Gasteiger partial charge in [0, 0.05) is 12.1 Å². The Balaban J connectivity index is 1.62. The largest absolute Gasteiger partial charge is 0.387 e. The molecule has 21 heavy (non-hydrogen) atoms. The molecular weight excluding hydrogens is 258 g/mol. The van der Waals surface area contributed by atoms with Gasteiger partial charge in [-0.1, -0.05) is 44.0 Å². The number of aliphatic hydroxyl groups excluding tert-OH is 1. The van der Waals surface area contributed by atoms with Crippen LogP contribution >= 0.6 is 0 Å². The van der Waals surface area contributed by atoms with Crippen molar-refractivity contribution in [1.29, 1.82) is 0 Å². The molecule has 0 amide bonds. The van der Waals surface area contributed by atoms with Gasteiger partial charge in [0.25, 0.3) is 0 Å². The van der Waals surface area contributed by atoms with Crippen LogP contribution in [-0.4, -0.2) is 28.6 Å². The summed E-state index contributed by atoms with van der Waals surface area (Å²) in [6.45, 7) is 3.53. The minimum atomic E-state index is -0.293. The van der Waals surface area contributed by atoms with E-state index in [-0.39, 0.29) is 6.10 Å². The lowest BCUT2D eigenvalue weighted by atomic mass is 9.77. The van der Waals surface area contributed by atoms with E-state index in [0.717, 1.165) is 18.4 Å². The number of fused-ring (bicyclic) bond motifs is 2. The number of hydrogen-bond donors (Lipinski definition) is 1. The van der Waals surface area contributed by atoms with Crippen molar-refractivity contribution in [1.82, 2.24) is 4.90 Å². The van der Waals surface area contributed by atoms with E-state index >= 15 is 0 Å². The SMILES string of the molecule is CC1CC(N2CCC3CCCCC32)C(O)c2ccccc21. The standard InChI is InChI=1S/C19H27NO/c1-13-12-18(19(21)16-8-4-3-7-15(13)16)20-11-10-14-6-2-5-9-17(14)20/h3-4,7-8,13-14,17-19,21H,2,5-6,9-12H2,1H3. The first kappa shape index (κ1) is 13.8. The highest BCUT2D eigenvalue weighted by atomic mass is 16.3. The third kappa shape index (κ3) is 2.24. The van der Waals surface area contributed by atoms with Crippen LogP contribution in [-0.2, 0) is 0 Å². The summed E-state index contributed by atoms with van der Waals surface area (Å²) >= 11 is 0. The highest BCUT2D eigenvalue weighted by Gasteiger charge is 2.43. The molecule has 4 rings (SSSR count). The summed E-state index contributed by atoms with van der Waals surface area (Å²) in [6.07, 6.45) is 7.73. The molecule has 2 aliphatic carbocycles. The van der Waals surface area contributed by atoms with Crippen LogP contribution in [0, 0.1) is 5.92 Å². The zero-order valence-corrected chi connectivity index (χ0v) is 13.0. The van der Waals surface area contributed by atoms with Crippen LogP contribution in [0.25, 0.3) is 0 Å². The van der Waals surface area contributed by atoms with Gasteiger partial charge in [0.1, 0.15) is 0 Å². The van der Waals surface area contributed by atoms with Crippen LogP contribution in [0.15, 0.2) is 24.3 Å². The number of benzene rings is 1. The molecule has 1 saturated heterocycles. The zero-order valence-electron chi connectivity index (χ0n) is 13.0. The third-order valence-electron chi connectivity index (χ3n) is 6.28. The molecule has 2 nitrogen and oxygen atoms in total. The minimum Gasteiger partial charge on any atom is -0.387 e. The lowest BCUT2D eigenvalue weighted by molar-refractivity contribution is 0.0128. The Kier molecular flexibility index (Phi) is 3.55. The van der Waals surface area contributed by atoms with Crippen LogP contribution < -0.4 is 0 Å². The van der Waals surface area contributed by atoms with Crippen LogP contribution in [0.2, 0.25) is 0 Å². The minimum absolute atomic E-state index is 0.293. The van der Waals surface area contributed by atoms with Gasteiger partial charge in [-0.15, -0.1) is 0 Å². The van der Waals surface area contributed by atoms with Crippen LogP contribution in [0.5, 0.6) is 0 Å². The van der Waals surface area contributed by atoms with Crippen molar-refractivity contribution in [2.45, 2.75) is 69.6 Å². The molecule has 0 aromatic heterocycles. The van der Waals surface area contributed by atoms with Crippen molar-refractivity contribution >= 4 is 0 Å². The first-order valence-corrected chi connectivity index (χ1v) is 8.78. The van der Waals surface area contributed by atoms with E-state index in [0.29, 0.717) is 12.0 Å². The van der Waals surface area contributed by atoms with Gasteiger partial charge in [0.2, 0.25) is 0 Å². The fraction of sp³-hybridized carbons (Fsp3) is 0.684. The third-order valence-corrected chi connectivity index (χ3v) is 6.28. The molecule has 1 saturated carbocycles. The Morgan fingerprint density at radius 2 is 1.76 bits per heavy atom. The van der Waals surface area contributed by atoms with Gasteiger partial charge in [-0.2, -0.15) is 0 Å². The molecule has 5 unspecified atom stereocenters. The van der Waals surface area contributed by atoms with Crippen molar-refractivity contribution in [3.63, 3.8) is 0 Å². The quantitative estimate of drug-likeness (QED) is 0.847. The summed E-state index contributed by atoms with van der Waals surface area (Å²) in [5.41, 5.74) is 2.54. The molecular formula is C19H27NO. The number of rotatable bonds is 1. The lowest BCUT2D eigenvalue weighted by Gasteiger charge is -2.43. The predicted octanol–water partition coefficient (Wildman–Crippen LogP) is 3.86. The first-order chi connectivity index (χ1) is 10.3. The molecule has 0 radical (unpaired) electrons. The fourth-order valence-electron chi connectivity index (χ4n) is 5.23. The Morgan fingerprint density at radius 3 is 2.62 bits per heavy atom. The van der Waals surface area contributed by atoms with Crippen molar-refractivity contribution in [2.24, 2.45) is 5.92 Å². The number of hydrogen-bond acceptors (Lipinski definition) is 2. The van der Waals surface area contributed by atoms with Crippen molar-refractivity contribution < 1.29 is 5.11 Å². The highest BCUT2D eigenvalue weighted by Crippen LogP contribution is 2.45. The normalized spacial score (nSPS) is 39.8. The average Bonchev–Trinajstić information content (AvgIpc) is 2.95. The molecule has 5 atom stereocenters. The topological polar surface area (TPSA) is 23.5 Å². The van der Waals surface area contributed by atoms with E-state index < -0.39 is 0 Å².